The lowest BCUT2D eigenvalue weighted by molar-refractivity contribution is 0.0946. The number of nitrogens with zero attached hydrogens (tertiary/aromatic N) is 1. The third-order valence-electron chi connectivity index (χ3n) is 4.46. The highest BCUT2D eigenvalue weighted by Crippen LogP contribution is 2.18. The Balaban J connectivity index is 1.56. The fourth-order valence-corrected chi connectivity index (χ4v) is 3.15. The van der Waals surface area contributed by atoms with Crippen molar-refractivity contribution in [2.75, 3.05) is 0 Å². The number of aromatic nitrogens is 3. The number of H-pyrrole nitrogens is 2. The second-order valence-electron chi connectivity index (χ2n) is 6.10. The summed E-state index contributed by atoms with van der Waals surface area (Å²) in [5.41, 5.74) is 2.49. The van der Waals surface area contributed by atoms with Gasteiger partial charge in [0, 0.05) is 29.4 Å². The van der Waals surface area contributed by atoms with Crippen LogP contribution < -0.4 is 16.4 Å². The molecule has 1 aliphatic carbocycles. The average Bonchev–Trinajstić information content (AvgIpc) is 3.06. The van der Waals surface area contributed by atoms with Crippen LogP contribution in [0, 0.1) is 0 Å². The Labute approximate surface area is 142 Å². The van der Waals surface area contributed by atoms with Crippen LogP contribution in [0.1, 0.15) is 33.7 Å². The van der Waals surface area contributed by atoms with Gasteiger partial charge in [0.05, 0.1) is 0 Å². The number of hydrogen-bond donors (Lipinski definition) is 3. The lowest BCUT2D eigenvalue weighted by Gasteiger charge is -2.07. The molecule has 7 heteroatoms. The second-order valence-corrected chi connectivity index (χ2v) is 6.10. The number of hydrogen-bond acceptors (Lipinski definition) is 4. The van der Waals surface area contributed by atoms with Crippen molar-refractivity contribution in [3.8, 4) is 0 Å². The van der Waals surface area contributed by atoms with Crippen LogP contribution in [-0.2, 0) is 19.4 Å². The maximum absolute atomic E-state index is 12.3. The zero-order chi connectivity index (χ0) is 17.4. The van der Waals surface area contributed by atoms with Gasteiger partial charge in [-0.1, -0.05) is 6.07 Å². The molecule has 3 N–H and O–H groups in total. The van der Waals surface area contributed by atoms with E-state index in [1.54, 1.807) is 18.2 Å². The largest absolute Gasteiger partial charge is 0.346 e. The Morgan fingerprint density at radius 2 is 2.04 bits per heavy atom. The van der Waals surface area contributed by atoms with Gasteiger partial charge in [-0.2, -0.15) is 0 Å². The van der Waals surface area contributed by atoms with Crippen LogP contribution in [0.25, 0.3) is 10.9 Å². The lowest BCUT2D eigenvalue weighted by atomic mass is 10.1. The van der Waals surface area contributed by atoms with Crippen molar-refractivity contribution in [2.24, 2.45) is 0 Å². The molecule has 3 aromatic rings. The topological polar surface area (TPSA) is 108 Å². The predicted octanol–water partition coefficient (Wildman–Crippen LogP) is 1.03. The highest BCUT2D eigenvalue weighted by molar-refractivity contribution is 5.94. The lowest BCUT2D eigenvalue weighted by Crippen LogP contribution is -2.28. The van der Waals surface area contributed by atoms with Crippen LogP contribution in [-0.4, -0.2) is 20.9 Å². The summed E-state index contributed by atoms with van der Waals surface area (Å²) in [7, 11) is 0. The molecule has 0 fully saturated rings. The third-order valence-corrected chi connectivity index (χ3v) is 4.46. The minimum absolute atomic E-state index is 0.117. The van der Waals surface area contributed by atoms with E-state index in [4.69, 9.17) is 0 Å². The minimum atomic E-state index is -0.426. The van der Waals surface area contributed by atoms with E-state index in [9.17, 15) is 14.4 Å². The fraction of sp³-hybridized carbons (Fsp3) is 0.222. The highest BCUT2D eigenvalue weighted by Gasteiger charge is 2.15. The summed E-state index contributed by atoms with van der Waals surface area (Å²) in [6.07, 6.45) is 4.41. The average molecular weight is 336 g/mol. The van der Waals surface area contributed by atoms with Gasteiger partial charge in [-0.15, -0.1) is 0 Å². The maximum atomic E-state index is 12.3. The van der Waals surface area contributed by atoms with Crippen molar-refractivity contribution in [1.82, 2.24) is 20.3 Å². The number of carbonyl (C=O) groups is 1. The highest BCUT2D eigenvalue weighted by atomic mass is 16.2. The van der Waals surface area contributed by atoms with Crippen LogP contribution in [0.3, 0.4) is 0 Å². The summed E-state index contributed by atoms with van der Waals surface area (Å²) in [5, 5.41) is 3.36. The van der Waals surface area contributed by atoms with Crippen molar-refractivity contribution in [2.45, 2.75) is 25.8 Å². The number of carbonyl (C=O) groups excluding carboxylic acids is 1. The fourth-order valence-electron chi connectivity index (χ4n) is 3.15. The molecular weight excluding hydrogens is 320 g/mol. The van der Waals surface area contributed by atoms with Crippen molar-refractivity contribution in [1.29, 1.82) is 0 Å². The van der Waals surface area contributed by atoms with E-state index in [2.05, 4.69) is 20.3 Å². The van der Waals surface area contributed by atoms with E-state index in [0.29, 0.717) is 10.9 Å². The molecule has 3 heterocycles. The minimum Gasteiger partial charge on any atom is -0.346 e. The second kappa shape index (κ2) is 6.01. The van der Waals surface area contributed by atoms with E-state index in [-0.39, 0.29) is 28.9 Å². The molecular formula is C18H16N4O3. The molecule has 1 amide bonds. The van der Waals surface area contributed by atoms with E-state index in [1.807, 2.05) is 6.07 Å². The summed E-state index contributed by atoms with van der Waals surface area (Å²) in [5.74, 6) is -0.426. The first-order valence-electron chi connectivity index (χ1n) is 8.12. The number of aromatic amines is 2. The first kappa shape index (κ1) is 15.3. The maximum Gasteiger partial charge on any atom is 0.274 e. The molecule has 25 heavy (non-hydrogen) atoms. The molecule has 0 spiro atoms. The summed E-state index contributed by atoms with van der Waals surface area (Å²) >= 11 is 0. The van der Waals surface area contributed by atoms with Crippen LogP contribution in [0.5, 0.6) is 0 Å². The molecule has 3 aromatic heterocycles. The molecule has 0 aliphatic heterocycles. The molecule has 1 aliphatic rings. The number of amides is 1. The van der Waals surface area contributed by atoms with E-state index >= 15 is 0 Å². The van der Waals surface area contributed by atoms with Gasteiger partial charge in [-0.3, -0.25) is 14.4 Å². The van der Waals surface area contributed by atoms with Gasteiger partial charge >= 0.3 is 0 Å². The van der Waals surface area contributed by atoms with Gasteiger partial charge in [-0.05, 0) is 43.0 Å². The number of fused-ring (bicyclic) bond motifs is 2. The zero-order valence-corrected chi connectivity index (χ0v) is 13.4. The Kier molecular flexibility index (Phi) is 3.68. The van der Waals surface area contributed by atoms with Crippen LogP contribution >= 0.6 is 0 Å². The van der Waals surface area contributed by atoms with Gasteiger partial charge in [-0.25, -0.2) is 4.98 Å². The SMILES string of the molecule is O=C(NCc1cc2c([nH]c1=O)CCC2)c1ccc2cc[nH]c(=O)c2n1. The number of pyridine rings is 3. The standard InChI is InChI=1S/C18H16N4O3/c23-16-12(8-11-2-1-3-13(11)22-16)9-20-17(24)14-5-4-10-6-7-19-18(25)15(10)21-14/h4-8H,1-3,9H2,(H,19,25)(H,20,24)(H,22,23). The van der Waals surface area contributed by atoms with Gasteiger partial charge in [0.1, 0.15) is 11.2 Å². The molecule has 0 saturated carbocycles. The smallest absolute Gasteiger partial charge is 0.274 e. The molecule has 0 radical (unpaired) electrons. The number of nitrogens with one attached hydrogen (secondary N) is 3. The zero-order valence-electron chi connectivity index (χ0n) is 13.4. The molecule has 0 unspecified atom stereocenters. The van der Waals surface area contributed by atoms with Crippen LogP contribution in [0.2, 0.25) is 0 Å². The molecule has 0 bridgehead atoms. The summed E-state index contributed by atoms with van der Waals surface area (Å²) in [4.78, 5) is 45.7. The van der Waals surface area contributed by atoms with Gasteiger partial charge < -0.3 is 15.3 Å². The summed E-state index contributed by atoms with van der Waals surface area (Å²) < 4.78 is 0. The molecule has 4 rings (SSSR count). The van der Waals surface area contributed by atoms with Crippen molar-refractivity contribution in [3.05, 3.63) is 73.7 Å². The Morgan fingerprint density at radius 3 is 2.92 bits per heavy atom. The molecule has 0 aromatic carbocycles. The van der Waals surface area contributed by atoms with E-state index in [1.165, 1.54) is 6.20 Å². The van der Waals surface area contributed by atoms with Crippen molar-refractivity contribution >= 4 is 16.8 Å². The van der Waals surface area contributed by atoms with E-state index in [0.717, 1.165) is 30.5 Å². The number of aryl methyl sites for hydroxylation is 2. The van der Waals surface area contributed by atoms with Crippen LogP contribution in [0.4, 0.5) is 0 Å². The van der Waals surface area contributed by atoms with Gasteiger partial charge in [0.25, 0.3) is 17.0 Å². The Morgan fingerprint density at radius 1 is 1.16 bits per heavy atom. The van der Waals surface area contributed by atoms with Crippen LogP contribution in [0.15, 0.2) is 40.1 Å². The normalized spacial score (nSPS) is 13.0. The summed E-state index contributed by atoms with van der Waals surface area (Å²) in [6.45, 7) is 0.117. The van der Waals surface area contributed by atoms with E-state index < -0.39 is 5.91 Å². The Bertz CT molecular complexity index is 1100. The molecule has 126 valence electrons. The van der Waals surface area contributed by atoms with Crippen molar-refractivity contribution in [3.63, 3.8) is 0 Å². The summed E-state index contributed by atoms with van der Waals surface area (Å²) in [6, 6.07) is 6.81. The predicted molar refractivity (Wildman–Crippen MR) is 92.6 cm³/mol. The first-order chi connectivity index (χ1) is 12.1. The quantitative estimate of drug-likeness (QED) is 0.664. The first-order valence-corrected chi connectivity index (χ1v) is 8.12. The molecule has 0 atom stereocenters. The monoisotopic (exact) mass is 336 g/mol. The molecule has 7 nitrogen and oxygen atoms in total. The Hall–Kier alpha value is -3.22. The number of rotatable bonds is 3. The van der Waals surface area contributed by atoms with Gasteiger partial charge in [0.2, 0.25) is 0 Å². The molecule has 0 saturated heterocycles. The van der Waals surface area contributed by atoms with Crippen molar-refractivity contribution < 1.29 is 4.79 Å². The third kappa shape index (κ3) is 2.84. The van der Waals surface area contributed by atoms with Gasteiger partial charge in [0.15, 0.2) is 0 Å².